The molecule has 0 aliphatic rings. The molecule has 0 aliphatic heterocycles. The highest BCUT2D eigenvalue weighted by molar-refractivity contribution is 7.81. The van der Waals surface area contributed by atoms with Gasteiger partial charge in [-0.15, -0.1) is 0 Å². The molecular formula is C5H15NO5S. The second-order valence-corrected chi connectivity index (χ2v) is 2.86. The number of hydrogen-bond donors (Lipinski definition) is 2. The van der Waals surface area contributed by atoms with Crippen molar-refractivity contribution in [3.05, 3.63) is 0 Å². The van der Waals surface area contributed by atoms with E-state index < -0.39 is 10.4 Å². The minimum absolute atomic E-state index is 0.0489. The quantitative estimate of drug-likeness (QED) is 0.545. The van der Waals surface area contributed by atoms with E-state index in [0.29, 0.717) is 0 Å². The normalized spacial score (nSPS) is 10.3. The molecule has 0 bridgehead atoms. The van der Waals surface area contributed by atoms with Crippen LogP contribution in [0.1, 0.15) is 6.42 Å². The van der Waals surface area contributed by atoms with Gasteiger partial charge in [0.2, 0.25) is 0 Å². The maximum atomic E-state index is 10.3. The van der Waals surface area contributed by atoms with Crippen molar-refractivity contribution in [3.8, 4) is 0 Å². The van der Waals surface area contributed by atoms with Crippen LogP contribution < -0.4 is 5.73 Å². The predicted molar refractivity (Wildman–Crippen MR) is 43.7 cm³/mol. The maximum Gasteiger partial charge on any atom is 0.399 e. The Balaban J connectivity index is 0. The van der Waals surface area contributed by atoms with E-state index in [1.807, 2.05) is 0 Å². The van der Waals surface area contributed by atoms with Crippen LogP contribution in [0.25, 0.3) is 0 Å². The van der Waals surface area contributed by atoms with Crippen molar-refractivity contribution in [2.75, 3.05) is 27.4 Å². The first-order valence-electron chi connectivity index (χ1n) is 3.26. The third-order valence-corrected chi connectivity index (χ3v) is 1.60. The molecule has 0 rings (SSSR count). The van der Waals surface area contributed by atoms with Crippen LogP contribution in [0.2, 0.25) is 0 Å². The standard InChI is InChI=1S/C4H10O5S.CH5N/c1-8-10(6,7)9-4-2-3-5;1-2/h5H,2-4H2,1H3;2H2,1H3. The van der Waals surface area contributed by atoms with E-state index in [9.17, 15) is 8.42 Å². The predicted octanol–water partition coefficient (Wildman–Crippen LogP) is -1.15. The lowest BCUT2D eigenvalue weighted by Crippen LogP contribution is -2.09. The zero-order valence-electron chi connectivity index (χ0n) is 7.19. The van der Waals surface area contributed by atoms with Gasteiger partial charge in [0.05, 0.1) is 13.7 Å². The largest absolute Gasteiger partial charge is 0.399 e. The van der Waals surface area contributed by atoms with Gasteiger partial charge in [-0.25, -0.2) is 4.18 Å². The second kappa shape index (κ2) is 8.88. The van der Waals surface area contributed by atoms with Gasteiger partial charge in [0, 0.05) is 6.61 Å². The van der Waals surface area contributed by atoms with Crippen molar-refractivity contribution in [2.45, 2.75) is 6.42 Å². The summed E-state index contributed by atoms with van der Waals surface area (Å²) in [6.07, 6.45) is 0.280. The van der Waals surface area contributed by atoms with Crippen LogP contribution in [0.5, 0.6) is 0 Å². The van der Waals surface area contributed by atoms with Crippen LogP contribution in [-0.2, 0) is 18.8 Å². The van der Waals surface area contributed by atoms with E-state index in [1.165, 1.54) is 7.05 Å². The topological polar surface area (TPSA) is 98.9 Å². The average Bonchev–Trinajstić information content (AvgIpc) is 2.09. The Morgan fingerprint density at radius 1 is 1.42 bits per heavy atom. The van der Waals surface area contributed by atoms with Crippen molar-refractivity contribution in [1.29, 1.82) is 0 Å². The molecule has 0 spiro atoms. The molecule has 0 aromatic heterocycles. The zero-order valence-corrected chi connectivity index (χ0v) is 8.00. The SMILES string of the molecule is CN.COS(=O)(=O)OCCCO. The minimum Gasteiger partial charge on any atom is -0.396 e. The second-order valence-electron chi connectivity index (χ2n) is 1.47. The van der Waals surface area contributed by atoms with Gasteiger partial charge >= 0.3 is 10.4 Å². The molecule has 76 valence electrons. The Hall–Kier alpha value is -0.210. The number of aliphatic hydroxyl groups excluding tert-OH is 1. The highest BCUT2D eigenvalue weighted by Gasteiger charge is 2.06. The Morgan fingerprint density at radius 3 is 2.25 bits per heavy atom. The molecule has 0 saturated heterocycles. The molecule has 0 saturated carbocycles. The lowest BCUT2D eigenvalue weighted by atomic mass is 10.5. The van der Waals surface area contributed by atoms with Gasteiger partial charge in [0.1, 0.15) is 0 Å². The molecule has 0 aromatic rings. The molecule has 6 nitrogen and oxygen atoms in total. The molecule has 0 heterocycles. The van der Waals surface area contributed by atoms with E-state index in [0.717, 1.165) is 7.11 Å². The summed E-state index contributed by atoms with van der Waals surface area (Å²) >= 11 is 0. The summed E-state index contributed by atoms with van der Waals surface area (Å²) < 4.78 is 28.9. The van der Waals surface area contributed by atoms with Crippen LogP contribution in [-0.4, -0.2) is 40.9 Å². The van der Waals surface area contributed by atoms with Gasteiger partial charge in [0.15, 0.2) is 0 Å². The summed E-state index contributed by atoms with van der Waals surface area (Å²) in [6, 6.07) is 0. The first kappa shape index (κ1) is 14.3. The van der Waals surface area contributed by atoms with Crippen molar-refractivity contribution < 1.29 is 21.9 Å². The van der Waals surface area contributed by atoms with E-state index in [-0.39, 0.29) is 19.6 Å². The first-order chi connectivity index (χ1) is 5.62. The van der Waals surface area contributed by atoms with E-state index >= 15 is 0 Å². The van der Waals surface area contributed by atoms with E-state index in [4.69, 9.17) is 5.11 Å². The molecule has 12 heavy (non-hydrogen) atoms. The fourth-order valence-electron chi connectivity index (χ4n) is 0.274. The lowest BCUT2D eigenvalue weighted by Gasteiger charge is -1.99. The third-order valence-electron chi connectivity index (χ3n) is 0.734. The van der Waals surface area contributed by atoms with Gasteiger partial charge in [-0.3, -0.25) is 4.18 Å². The minimum atomic E-state index is -3.80. The third kappa shape index (κ3) is 9.79. The summed E-state index contributed by atoms with van der Waals surface area (Å²) in [5.41, 5.74) is 4.50. The van der Waals surface area contributed by atoms with E-state index in [1.54, 1.807) is 0 Å². The summed E-state index contributed by atoms with van der Waals surface area (Å²) in [6.45, 7) is -0.147. The summed E-state index contributed by atoms with van der Waals surface area (Å²) in [5, 5.41) is 8.22. The van der Waals surface area contributed by atoms with Gasteiger partial charge in [-0.05, 0) is 13.5 Å². The highest BCUT2D eigenvalue weighted by atomic mass is 32.3. The molecule has 0 radical (unpaired) electrons. The Kier molecular flexibility index (Phi) is 10.6. The van der Waals surface area contributed by atoms with Gasteiger partial charge in [-0.1, -0.05) is 0 Å². The lowest BCUT2D eigenvalue weighted by molar-refractivity contribution is 0.208. The Labute approximate surface area is 72.6 Å². The molecule has 0 aliphatic carbocycles. The molecule has 3 N–H and O–H groups in total. The number of rotatable bonds is 5. The van der Waals surface area contributed by atoms with Crippen molar-refractivity contribution in [1.82, 2.24) is 0 Å². The monoisotopic (exact) mass is 201 g/mol. The van der Waals surface area contributed by atoms with Gasteiger partial charge in [0.25, 0.3) is 0 Å². The van der Waals surface area contributed by atoms with Crippen LogP contribution >= 0.6 is 0 Å². The highest BCUT2D eigenvalue weighted by Crippen LogP contribution is 1.93. The fraction of sp³-hybridized carbons (Fsp3) is 1.00. The first-order valence-corrected chi connectivity index (χ1v) is 4.59. The number of nitrogens with two attached hydrogens (primary N) is 1. The van der Waals surface area contributed by atoms with Gasteiger partial charge < -0.3 is 10.8 Å². The number of aliphatic hydroxyl groups is 1. The van der Waals surface area contributed by atoms with Crippen LogP contribution in [0, 0.1) is 0 Å². The molecule has 0 aromatic carbocycles. The molecule has 0 atom stereocenters. The van der Waals surface area contributed by atoms with Crippen molar-refractivity contribution in [3.63, 3.8) is 0 Å². The molecule has 0 unspecified atom stereocenters. The van der Waals surface area contributed by atoms with Gasteiger partial charge in [-0.2, -0.15) is 8.42 Å². The maximum absolute atomic E-state index is 10.3. The molecular weight excluding hydrogens is 186 g/mol. The van der Waals surface area contributed by atoms with Crippen molar-refractivity contribution in [2.24, 2.45) is 5.73 Å². The Morgan fingerprint density at radius 2 is 1.92 bits per heavy atom. The summed E-state index contributed by atoms with van der Waals surface area (Å²) in [5.74, 6) is 0. The average molecular weight is 201 g/mol. The molecule has 7 heteroatoms. The summed E-state index contributed by atoms with van der Waals surface area (Å²) in [7, 11) is -1.29. The van der Waals surface area contributed by atoms with Crippen LogP contribution in [0.3, 0.4) is 0 Å². The summed E-state index contributed by atoms with van der Waals surface area (Å²) in [4.78, 5) is 0. The molecule has 0 amide bonds. The number of hydrogen-bond acceptors (Lipinski definition) is 6. The van der Waals surface area contributed by atoms with Crippen LogP contribution in [0.4, 0.5) is 0 Å². The van der Waals surface area contributed by atoms with E-state index in [2.05, 4.69) is 14.1 Å². The Bertz CT molecular complexity index is 167. The van der Waals surface area contributed by atoms with Crippen molar-refractivity contribution >= 4 is 10.4 Å². The fourth-order valence-corrected chi connectivity index (χ4v) is 0.692. The zero-order chi connectivity index (χ0) is 10.0. The smallest absolute Gasteiger partial charge is 0.396 e. The molecule has 0 fully saturated rings. The van der Waals surface area contributed by atoms with Crippen LogP contribution in [0.15, 0.2) is 0 Å².